The van der Waals surface area contributed by atoms with Crippen LogP contribution in [0.1, 0.15) is 37.7 Å². The summed E-state index contributed by atoms with van der Waals surface area (Å²) < 4.78 is 26.8. The fourth-order valence-electron chi connectivity index (χ4n) is 3.01. The molecule has 2 aliphatic rings. The van der Waals surface area contributed by atoms with E-state index in [2.05, 4.69) is 0 Å². The van der Waals surface area contributed by atoms with Gasteiger partial charge in [0, 0.05) is 24.6 Å². The van der Waals surface area contributed by atoms with Crippen LogP contribution in [0.4, 0.5) is 8.78 Å². The molecule has 0 saturated heterocycles. The first-order chi connectivity index (χ1) is 10.9. The number of aliphatic carboxylic acids is 1. The summed E-state index contributed by atoms with van der Waals surface area (Å²) in [6.45, 7) is 1.77. The van der Waals surface area contributed by atoms with Gasteiger partial charge in [0.05, 0.1) is 5.92 Å². The van der Waals surface area contributed by atoms with E-state index < -0.39 is 23.5 Å². The normalized spacial score (nSPS) is 24.1. The summed E-state index contributed by atoms with van der Waals surface area (Å²) in [5.41, 5.74) is 0.367. The Bertz CT molecular complexity index is 645. The fourth-order valence-corrected chi connectivity index (χ4v) is 3.01. The minimum Gasteiger partial charge on any atom is -0.481 e. The van der Waals surface area contributed by atoms with E-state index in [1.54, 1.807) is 11.8 Å². The molecule has 0 aromatic heterocycles. The van der Waals surface area contributed by atoms with E-state index in [9.17, 15) is 18.4 Å². The van der Waals surface area contributed by atoms with Gasteiger partial charge in [-0.15, -0.1) is 0 Å². The molecule has 0 radical (unpaired) electrons. The predicted octanol–water partition coefficient (Wildman–Crippen LogP) is 2.78. The van der Waals surface area contributed by atoms with E-state index in [1.807, 2.05) is 0 Å². The Morgan fingerprint density at radius 2 is 2.04 bits per heavy atom. The van der Waals surface area contributed by atoms with Crippen LogP contribution in [0.2, 0.25) is 0 Å². The lowest BCUT2D eigenvalue weighted by atomic mass is 10.1. The van der Waals surface area contributed by atoms with Crippen molar-refractivity contribution in [1.82, 2.24) is 4.90 Å². The van der Waals surface area contributed by atoms with Crippen molar-refractivity contribution in [3.05, 3.63) is 35.4 Å². The number of amides is 1. The van der Waals surface area contributed by atoms with Crippen LogP contribution in [0.5, 0.6) is 0 Å². The summed E-state index contributed by atoms with van der Waals surface area (Å²) >= 11 is 0. The smallest absolute Gasteiger partial charge is 0.308 e. The number of carbonyl (C=O) groups excluding carboxylic acids is 1. The van der Waals surface area contributed by atoms with Crippen molar-refractivity contribution >= 4 is 11.9 Å². The van der Waals surface area contributed by atoms with Crippen LogP contribution in [0.3, 0.4) is 0 Å². The predicted molar refractivity (Wildman–Crippen MR) is 78.7 cm³/mol. The van der Waals surface area contributed by atoms with Crippen molar-refractivity contribution in [1.29, 1.82) is 0 Å². The average molecular weight is 323 g/mol. The lowest BCUT2D eigenvalue weighted by molar-refractivity contribution is -0.143. The van der Waals surface area contributed by atoms with E-state index in [4.69, 9.17) is 5.11 Å². The molecule has 3 rings (SSSR count). The lowest BCUT2D eigenvalue weighted by Gasteiger charge is -2.24. The number of rotatable bonds is 6. The molecule has 2 aliphatic carbocycles. The average Bonchev–Trinajstić information content (AvgIpc) is 3.35. The molecule has 0 bridgehead atoms. The highest BCUT2D eigenvalue weighted by molar-refractivity contribution is 5.84. The maximum absolute atomic E-state index is 13.8. The molecule has 23 heavy (non-hydrogen) atoms. The molecule has 0 heterocycles. The van der Waals surface area contributed by atoms with Gasteiger partial charge in [0.25, 0.3) is 0 Å². The zero-order chi connectivity index (χ0) is 16.7. The molecule has 2 saturated carbocycles. The highest BCUT2D eigenvalue weighted by atomic mass is 19.1. The van der Waals surface area contributed by atoms with Gasteiger partial charge in [0.2, 0.25) is 5.91 Å². The molecule has 1 aromatic rings. The molecule has 6 heteroatoms. The number of carbonyl (C=O) groups is 2. The molecule has 2 fully saturated rings. The number of carboxylic acids is 1. The van der Waals surface area contributed by atoms with Gasteiger partial charge in [-0.2, -0.15) is 0 Å². The van der Waals surface area contributed by atoms with Gasteiger partial charge in [-0.1, -0.05) is 13.0 Å². The minimum absolute atomic E-state index is 0.102. The van der Waals surface area contributed by atoms with Crippen LogP contribution in [0, 0.1) is 23.5 Å². The lowest BCUT2D eigenvalue weighted by Crippen LogP contribution is -2.39. The second kappa shape index (κ2) is 5.91. The summed E-state index contributed by atoms with van der Waals surface area (Å²) in [6, 6.07) is 3.54. The molecule has 0 aliphatic heterocycles. The van der Waals surface area contributed by atoms with Crippen LogP contribution < -0.4 is 0 Å². The zero-order valence-corrected chi connectivity index (χ0v) is 12.8. The van der Waals surface area contributed by atoms with Crippen molar-refractivity contribution in [3.8, 4) is 0 Å². The van der Waals surface area contributed by atoms with Gasteiger partial charge in [0.15, 0.2) is 0 Å². The monoisotopic (exact) mass is 323 g/mol. The van der Waals surface area contributed by atoms with Crippen molar-refractivity contribution < 1.29 is 23.5 Å². The van der Waals surface area contributed by atoms with E-state index >= 15 is 0 Å². The molecule has 3 atom stereocenters. The molecular weight excluding hydrogens is 304 g/mol. The molecular formula is C17H19F2NO3. The third-order valence-electron chi connectivity index (χ3n) is 4.63. The third kappa shape index (κ3) is 3.35. The van der Waals surface area contributed by atoms with Gasteiger partial charge in [0.1, 0.15) is 11.6 Å². The second-order valence-electron chi connectivity index (χ2n) is 6.58. The fraction of sp³-hybridized carbons (Fsp3) is 0.529. The van der Waals surface area contributed by atoms with Crippen molar-refractivity contribution in [3.63, 3.8) is 0 Å². The number of hydrogen-bond acceptors (Lipinski definition) is 2. The molecule has 3 unspecified atom stereocenters. The van der Waals surface area contributed by atoms with Crippen LogP contribution in [0.25, 0.3) is 0 Å². The zero-order valence-electron chi connectivity index (χ0n) is 12.8. The number of carboxylic acid groups (broad SMARTS) is 1. The summed E-state index contributed by atoms with van der Waals surface area (Å²) in [5.74, 6) is -3.47. The molecule has 1 N–H and O–H groups in total. The van der Waals surface area contributed by atoms with E-state index in [0.717, 1.165) is 18.9 Å². The van der Waals surface area contributed by atoms with Gasteiger partial charge in [-0.05, 0) is 36.8 Å². The van der Waals surface area contributed by atoms with E-state index in [-0.39, 0.29) is 30.3 Å². The highest BCUT2D eigenvalue weighted by Crippen LogP contribution is 2.50. The Hall–Kier alpha value is -1.98. The maximum atomic E-state index is 13.8. The first-order valence-corrected chi connectivity index (χ1v) is 7.86. The number of nitrogens with zero attached hydrogens (tertiary/aromatic N) is 1. The maximum Gasteiger partial charge on any atom is 0.308 e. The van der Waals surface area contributed by atoms with E-state index in [1.165, 1.54) is 12.1 Å². The minimum atomic E-state index is -0.930. The highest BCUT2D eigenvalue weighted by Gasteiger charge is 2.49. The van der Waals surface area contributed by atoms with Crippen molar-refractivity contribution in [2.24, 2.45) is 11.8 Å². The first kappa shape index (κ1) is 15.9. The Balaban J connectivity index is 1.69. The van der Waals surface area contributed by atoms with Crippen LogP contribution in [-0.4, -0.2) is 34.5 Å². The summed E-state index contributed by atoms with van der Waals surface area (Å²) in [5, 5.41) is 9.04. The van der Waals surface area contributed by atoms with Gasteiger partial charge in [-0.3, -0.25) is 9.59 Å². The number of hydrogen-bond donors (Lipinski definition) is 1. The van der Waals surface area contributed by atoms with E-state index in [0.29, 0.717) is 12.0 Å². The summed E-state index contributed by atoms with van der Waals surface area (Å²) in [4.78, 5) is 25.3. The number of halogens is 2. The molecule has 0 spiro atoms. The first-order valence-electron chi connectivity index (χ1n) is 7.86. The largest absolute Gasteiger partial charge is 0.481 e. The number of benzene rings is 1. The summed E-state index contributed by atoms with van der Waals surface area (Å²) in [7, 11) is 0. The molecule has 1 amide bonds. The Morgan fingerprint density at radius 3 is 2.61 bits per heavy atom. The molecule has 1 aromatic carbocycles. The Kier molecular flexibility index (Phi) is 4.08. The Morgan fingerprint density at radius 1 is 1.35 bits per heavy atom. The van der Waals surface area contributed by atoms with Gasteiger partial charge < -0.3 is 10.0 Å². The quantitative estimate of drug-likeness (QED) is 0.876. The standard InChI is InChI=1S/C17H19F2NO3/c1-9(17(22)23)8-20(11-3-4-11)16(21)14-7-13(14)12-5-2-10(18)6-15(12)19/h2,5-6,9,11,13-14H,3-4,7-8H2,1H3,(H,22,23). The third-order valence-corrected chi connectivity index (χ3v) is 4.63. The van der Waals surface area contributed by atoms with Gasteiger partial charge >= 0.3 is 5.97 Å². The van der Waals surface area contributed by atoms with Gasteiger partial charge in [-0.25, -0.2) is 8.78 Å². The van der Waals surface area contributed by atoms with Crippen LogP contribution in [0.15, 0.2) is 18.2 Å². The van der Waals surface area contributed by atoms with Crippen molar-refractivity contribution in [2.45, 2.75) is 38.1 Å². The molecule has 124 valence electrons. The topological polar surface area (TPSA) is 57.6 Å². The SMILES string of the molecule is CC(CN(C(=O)C1CC1c1ccc(F)cc1F)C1CC1)C(=O)O. The van der Waals surface area contributed by atoms with Crippen LogP contribution in [-0.2, 0) is 9.59 Å². The van der Waals surface area contributed by atoms with Crippen LogP contribution >= 0.6 is 0 Å². The van der Waals surface area contributed by atoms with Crippen molar-refractivity contribution in [2.75, 3.05) is 6.54 Å². The summed E-state index contributed by atoms with van der Waals surface area (Å²) in [6.07, 6.45) is 2.31. The second-order valence-corrected chi connectivity index (χ2v) is 6.58. The Labute approximate surface area is 133 Å². The molecule has 4 nitrogen and oxygen atoms in total.